The van der Waals surface area contributed by atoms with Crippen LogP contribution in [0.5, 0.6) is 0 Å². The molecule has 1 aromatic heterocycles. The number of anilines is 2. The van der Waals surface area contributed by atoms with Crippen LogP contribution >= 0.6 is 11.3 Å². The standard InChI is InChI=1S/C39H30N2O5S/c1-25(42)41-31-20-11-9-18-29(31)39(36(41)45)34(33(43)27-15-6-3-7-16-27)37(24-38(39,46)32-21-12-22-47-32)28-17-8-10-19-30(28)40(35(37)44)23-26-13-4-2-5-14-26/h2-22,34,46H,23-24H2,1H3/t34-,37-,38+,39+/m1/s1. The first-order valence-electron chi connectivity index (χ1n) is 15.5. The molecule has 3 amide bonds. The highest BCUT2D eigenvalue weighted by atomic mass is 32.1. The number of rotatable bonds is 5. The highest BCUT2D eigenvalue weighted by Gasteiger charge is 2.82. The summed E-state index contributed by atoms with van der Waals surface area (Å²) in [5.74, 6) is -3.47. The van der Waals surface area contributed by atoms with E-state index in [1.54, 1.807) is 77.0 Å². The highest BCUT2D eigenvalue weighted by molar-refractivity contribution is 7.10. The molecule has 4 aromatic carbocycles. The van der Waals surface area contributed by atoms with Gasteiger partial charge >= 0.3 is 0 Å². The molecule has 8 rings (SSSR count). The van der Waals surface area contributed by atoms with E-state index in [1.807, 2.05) is 54.6 Å². The minimum atomic E-state index is -2.04. The number of benzene rings is 4. The van der Waals surface area contributed by atoms with E-state index >= 15 is 14.4 Å². The van der Waals surface area contributed by atoms with E-state index in [-0.39, 0.29) is 18.9 Å². The van der Waals surface area contributed by atoms with Gasteiger partial charge < -0.3 is 10.0 Å². The van der Waals surface area contributed by atoms with Crippen molar-refractivity contribution in [2.45, 2.75) is 36.3 Å². The SMILES string of the molecule is CC(=O)N1C(=O)[C@]2(c3ccccc31)[C@H](C(=O)c1ccccc1)[C@]1(C[C@]2(O)c2cccs2)C(=O)N(Cc2ccccc2)c2ccccc21. The van der Waals surface area contributed by atoms with Gasteiger partial charge in [-0.2, -0.15) is 0 Å². The van der Waals surface area contributed by atoms with Crippen LogP contribution < -0.4 is 9.80 Å². The van der Waals surface area contributed by atoms with Gasteiger partial charge in [-0.15, -0.1) is 11.3 Å². The molecule has 0 bridgehead atoms. The van der Waals surface area contributed by atoms with Crippen LogP contribution in [0.2, 0.25) is 0 Å². The number of thiophene rings is 1. The molecular weight excluding hydrogens is 609 g/mol. The maximum Gasteiger partial charge on any atom is 0.248 e. The summed E-state index contributed by atoms with van der Waals surface area (Å²) in [5.41, 5.74) is -2.65. The number of Topliss-reactive ketones (excluding diaryl/α,β-unsaturated/α-hetero) is 1. The lowest BCUT2D eigenvalue weighted by atomic mass is 9.59. The average molecular weight is 639 g/mol. The molecule has 2 spiro atoms. The van der Waals surface area contributed by atoms with Crippen molar-refractivity contribution >= 4 is 46.2 Å². The monoisotopic (exact) mass is 638 g/mol. The molecule has 0 unspecified atom stereocenters. The fourth-order valence-corrected chi connectivity index (χ4v) is 9.45. The predicted molar refractivity (Wildman–Crippen MR) is 179 cm³/mol. The summed E-state index contributed by atoms with van der Waals surface area (Å²) in [6.07, 6.45) is -0.239. The molecular formula is C39H30N2O5S. The molecule has 5 aromatic rings. The third-order valence-corrected chi connectivity index (χ3v) is 11.3. The second-order valence-electron chi connectivity index (χ2n) is 12.5. The van der Waals surface area contributed by atoms with Crippen LogP contribution in [0.25, 0.3) is 0 Å². The van der Waals surface area contributed by atoms with Crippen LogP contribution in [-0.2, 0) is 37.4 Å². The van der Waals surface area contributed by atoms with Crippen molar-refractivity contribution in [3.05, 3.63) is 154 Å². The second-order valence-corrected chi connectivity index (χ2v) is 13.5. The van der Waals surface area contributed by atoms with Gasteiger partial charge in [0.15, 0.2) is 5.78 Å². The minimum Gasteiger partial charge on any atom is -0.383 e. The van der Waals surface area contributed by atoms with Gasteiger partial charge in [0.25, 0.3) is 0 Å². The lowest BCUT2D eigenvalue weighted by Gasteiger charge is -2.41. The van der Waals surface area contributed by atoms with Crippen LogP contribution in [0, 0.1) is 5.92 Å². The molecule has 232 valence electrons. The number of carbonyl (C=O) groups excluding carboxylic acids is 4. The second kappa shape index (κ2) is 10.4. The Bertz CT molecular complexity index is 2080. The summed E-state index contributed by atoms with van der Waals surface area (Å²) in [6.45, 7) is 1.54. The quantitative estimate of drug-likeness (QED) is 0.233. The Morgan fingerprint density at radius 1 is 0.766 bits per heavy atom. The Balaban J connectivity index is 1.49. The minimum absolute atomic E-state index is 0.235. The Kier molecular flexibility index (Phi) is 6.48. The summed E-state index contributed by atoms with van der Waals surface area (Å²) in [4.78, 5) is 62.6. The number of para-hydroxylation sites is 2. The topological polar surface area (TPSA) is 95.0 Å². The molecule has 1 saturated carbocycles. The van der Waals surface area contributed by atoms with E-state index in [2.05, 4.69) is 0 Å². The molecule has 0 radical (unpaired) electrons. The van der Waals surface area contributed by atoms with E-state index < -0.39 is 39.9 Å². The highest BCUT2D eigenvalue weighted by Crippen LogP contribution is 2.72. The maximum atomic E-state index is 15.4. The number of nitrogens with zero attached hydrogens (tertiary/aromatic N) is 2. The van der Waals surface area contributed by atoms with Gasteiger partial charge in [0, 0.05) is 29.5 Å². The number of aliphatic hydroxyl groups is 1. The van der Waals surface area contributed by atoms with Crippen molar-refractivity contribution in [3.8, 4) is 0 Å². The summed E-state index contributed by atoms with van der Waals surface area (Å²) < 4.78 is 0. The maximum absolute atomic E-state index is 15.4. The van der Waals surface area contributed by atoms with Gasteiger partial charge in [-0.1, -0.05) is 103 Å². The largest absolute Gasteiger partial charge is 0.383 e. The molecule has 7 nitrogen and oxygen atoms in total. The number of amides is 3. The Labute approximate surface area is 275 Å². The Morgan fingerprint density at radius 2 is 1.38 bits per heavy atom. The molecule has 3 heterocycles. The Hall–Kier alpha value is -5.18. The number of hydrogen-bond donors (Lipinski definition) is 1. The smallest absolute Gasteiger partial charge is 0.248 e. The zero-order chi connectivity index (χ0) is 32.6. The van der Waals surface area contributed by atoms with Crippen molar-refractivity contribution in [1.82, 2.24) is 0 Å². The molecule has 47 heavy (non-hydrogen) atoms. The van der Waals surface area contributed by atoms with Gasteiger partial charge in [-0.05, 0) is 40.3 Å². The van der Waals surface area contributed by atoms with E-state index in [0.29, 0.717) is 32.9 Å². The van der Waals surface area contributed by atoms with Gasteiger partial charge in [0.1, 0.15) is 11.0 Å². The average Bonchev–Trinajstić information content (AvgIpc) is 3.83. The van der Waals surface area contributed by atoms with Crippen LogP contribution in [0.15, 0.2) is 127 Å². The van der Waals surface area contributed by atoms with Crippen molar-refractivity contribution in [3.63, 3.8) is 0 Å². The molecule has 4 atom stereocenters. The first-order chi connectivity index (χ1) is 22.8. The van der Waals surface area contributed by atoms with E-state index in [4.69, 9.17) is 0 Å². The number of fused-ring (bicyclic) bond motifs is 4. The van der Waals surface area contributed by atoms with E-state index in [0.717, 1.165) is 10.5 Å². The Morgan fingerprint density at radius 3 is 2.04 bits per heavy atom. The first kappa shape index (κ1) is 29.2. The van der Waals surface area contributed by atoms with Gasteiger partial charge in [-0.3, -0.25) is 19.2 Å². The van der Waals surface area contributed by atoms with Gasteiger partial charge in [-0.25, -0.2) is 4.90 Å². The third kappa shape index (κ3) is 3.71. The van der Waals surface area contributed by atoms with Crippen molar-refractivity contribution in [2.75, 3.05) is 9.80 Å². The van der Waals surface area contributed by atoms with Crippen molar-refractivity contribution < 1.29 is 24.3 Å². The number of carbonyl (C=O) groups is 4. The zero-order valence-corrected chi connectivity index (χ0v) is 26.3. The number of ketones is 1. The first-order valence-corrected chi connectivity index (χ1v) is 16.4. The molecule has 0 saturated heterocycles. The van der Waals surface area contributed by atoms with Crippen LogP contribution in [-0.4, -0.2) is 28.6 Å². The van der Waals surface area contributed by atoms with E-state index in [1.165, 1.54) is 18.3 Å². The molecule has 2 aliphatic heterocycles. The molecule has 8 heteroatoms. The van der Waals surface area contributed by atoms with E-state index in [9.17, 15) is 9.90 Å². The normalized spacial score (nSPS) is 25.9. The summed E-state index contributed by atoms with van der Waals surface area (Å²) in [6, 6.07) is 36.0. The number of hydrogen-bond acceptors (Lipinski definition) is 6. The van der Waals surface area contributed by atoms with Crippen molar-refractivity contribution in [2.24, 2.45) is 5.92 Å². The summed E-state index contributed by atoms with van der Waals surface area (Å²) in [5, 5.41) is 15.3. The van der Waals surface area contributed by atoms with Crippen LogP contribution in [0.3, 0.4) is 0 Å². The van der Waals surface area contributed by atoms with Gasteiger partial charge in [0.05, 0.1) is 23.6 Å². The molecule has 1 fully saturated rings. The fourth-order valence-electron chi connectivity index (χ4n) is 8.56. The molecule has 3 aliphatic rings. The third-order valence-electron chi connectivity index (χ3n) is 10.3. The summed E-state index contributed by atoms with van der Waals surface area (Å²) >= 11 is 1.26. The van der Waals surface area contributed by atoms with Crippen LogP contribution in [0.1, 0.15) is 45.3 Å². The lowest BCUT2D eigenvalue weighted by Crippen LogP contribution is -2.59. The van der Waals surface area contributed by atoms with Crippen molar-refractivity contribution in [1.29, 1.82) is 0 Å². The lowest BCUT2D eigenvalue weighted by molar-refractivity contribution is -0.137. The fraction of sp³-hybridized carbons (Fsp3) is 0.179. The number of imide groups is 1. The van der Waals surface area contributed by atoms with Crippen LogP contribution in [0.4, 0.5) is 11.4 Å². The predicted octanol–water partition coefficient (Wildman–Crippen LogP) is 6.15. The summed E-state index contributed by atoms with van der Waals surface area (Å²) in [7, 11) is 0. The molecule has 1 aliphatic carbocycles. The molecule has 1 N–H and O–H groups in total. The van der Waals surface area contributed by atoms with Gasteiger partial charge in [0.2, 0.25) is 17.7 Å². The zero-order valence-electron chi connectivity index (χ0n) is 25.5.